The van der Waals surface area contributed by atoms with Gasteiger partial charge in [0.15, 0.2) is 0 Å². The predicted octanol–water partition coefficient (Wildman–Crippen LogP) is 5.95. The Balaban J connectivity index is 2.03. The van der Waals surface area contributed by atoms with Gasteiger partial charge in [-0.25, -0.2) is 4.79 Å². The topological polar surface area (TPSA) is 41.6 Å². The van der Waals surface area contributed by atoms with Gasteiger partial charge in [0.25, 0.3) is 0 Å². The van der Waals surface area contributed by atoms with Crippen LogP contribution in [0.4, 0.5) is 29.3 Å². The molecule has 1 N–H and O–H groups in total. The molecular formula is C19H20ClF3N2O2. The maximum absolute atomic E-state index is 12.6. The fourth-order valence-electron chi connectivity index (χ4n) is 2.35. The Labute approximate surface area is 160 Å². The highest BCUT2D eigenvalue weighted by molar-refractivity contribution is 6.34. The highest BCUT2D eigenvalue weighted by Gasteiger charge is 2.29. The zero-order chi connectivity index (χ0) is 20.0. The third-order valence-corrected chi connectivity index (χ3v) is 4.08. The van der Waals surface area contributed by atoms with E-state index in [1.807, 2.05) is 11.8 Å². The van der Waals surface area contributed by atoms with E-state index >= 15 is 0 Å². The number of carbonyl (C=O) groups is 1. The Hall–Kier alpha value is -2.41. The van der Waals surface area contributed by atoms with Crippen LogP contribution in [0.25, 0.3) is 0 Å². The number of carbonyl (C=O) groups excluding carboxylic acids is 1. The molecule has 146 valence electrons. The molecule has 0 heterocycles. The minimum absolute atomic E-state index is 0.317. The van der Waals surface area contributed by atoms with Crippen molar-refractivity contribution in [3.8, 4) is 0 Å². The van der Waals surface area contributed by atoms with Crippen LogP contribution in [0.1, 0.15) is 24.5 Å². The van der Waals surface area contributed by atoms with E-state index in [0.717, 1.165) is 29.8 Å². The average molecular weight is 401 g/mol. The molecule has 0 aromatic heterocycles. The van der Waals surface area contributed by atoms with Crippen molar-refractivity contribution in [2.45, 2.75) is 26.1 Å². The largest absolute Gasteiger partial charge is 0.449 e. The molecule has 0 bridgehead atoms. The van der Waals surface area contributed by atoms with Crippen LogP contribution in [-0.4, -0.2) is 19.7 Å². The summed E-state index contributed by atoms with van der Waals surface area (Å²) in [5.41, 5.74) is 1.23. The van der Waals surface area contributed by atoms with E-state index < -0.39 is 17.8 Å². The van der Waals surface area contributed by atoms with Gasteiger partial charge in [-0.05, 0) is 42.3 Å². The lowest BCUT2D eigenvalue weighted by atomic mass is 10.1. The lowest BCUT2D eigenvalue weighted by Gasteiger charge is -2.21. The second-order valence-electron chi connectivity index (χ2n) is 5.98. The summed E-state index contributed by atoms with van der Waals surface area (Å²) in [6.45, 7) is 2.61. The molecule has 2 aromatic rings. The van der Waals surface area contributed by atoms with Crippen molar-refractivity contribution in [3.63, 3.8) is 0 Å². The summed E-state index contributed by atoms with van der Waals surface area (Å²) in [6.07, 6.45) is -4.21. The standard InChI is InChI=1S/C19H20ClF3N2O2/c1-3-10-27-18(26)24-17-9-8-15(11-16(17)20)25(2)12-13-4-6-14(7-5-13)19(21,22)23/h4-9,11H,3,10,12H2,1-2H3,(H,24,26). The number of alkyl halides is 3. The van der Waals surface area contributed by atoms with Gasteiger partial charge in [0.05, 0.1) is 22.9 Å². The lowest BCUT2D eigenvalue weighted by molar-refractivity contribution is -0.137. The van der Waals surface area contributed by atoms with E-state index in [2.05, 4.69) is 5.32 Å². The minimum atomic E-state index is -4.35. The van der Waals surface area contributed by atoms with Gasteiger partial charge in [-0.1, -0.05) is 30.7 Å². The van der Waals surface area contributed by atoms with Crippen molar-refractivity contribution in [1.29, 1.82) is 0 Å². The highest BCUT2D eigenvalue weighted by atomic mass is 35.5. The van der Waals surface area contributed by atoms with Gasteiger partial charge in [-0.15, -0.1) is 0 Å². The van der Waals surface area contributed by atoms with Gasteiger partial charge in [-0.2, -0.15) is 13.2 Å². The number of nitrogens with one attached hydrogen (secondary N) is 1. The van der Waals surface area contributed by atoms with E-state index in [1.54, 1.807) is 25.2 Å². The molecule has 8 heteroatoms. The van der Waals surface area contributed by atoms with Gasteiger partial charge >= 0.3 is 12.3 Å². The molecule has 0 aliphatic heterocycles. The SMILES string of the molecule is CCCOC(=O)Nc1ccc(N(C)Cc2ccc(C(F)(F)F)cc2)cc1Cl. The van der Waals surface area contributed by atoms with Gasteiger partial charge in [0, 0.05) is 19.3 Å². The van der Waals surface area contributed by atoms with E-state index in [1.165, 1.54) is 12.1 Å². The molecular weight excluding hydrogens is 381 g/mol. The molecule has 0 atom stereocenters. The monoisotopic (exact) mass is 400 g/mol. The van der Waals surface area contributed by atoms with Crippen molar-refractivity contribution in [2.24, 2.45) is 0 Å². The summed E-state index contributed by atoms with van der Waals surface area (Å²) in [5, 5.41) is 2.90. The summed E-state index contributed by atoms with van der Waals surface area (Å²) in [5.74, 6) is 0. The molecule has 0 spiro atoms. The molecule has 0 radical (unpaired) electrons. The number of rotatable bonds is 6. The average Bonchev–Trinajstić information content (AvgIpc) is 2.61. The fourth-order valence-corrected chi connectivity index (χ4v) is 2.57. The molecule has 0 aliphatic rings. The van der Waals surface area contributed by atoms with Crippen LogP contribution in [0.2, 0.25) is 5.02 Å². The maximum Gasteiger partial charge on any atom is 0.416 e. The first-order chi connectivity index (χ1) is 12.7. The number of hydrogen-bond donors (Lipinski definition) is 1. The van der Waals surface area contributed by atoms with Crippen LogP contribution in [0.5, 0.6) is 0 Å². The third kappa shape index (κ3) is 6.06. The molecule has 4 nitrogen and oxygen atoms in total. The smallest absolute Gasteiger partial charge is 0.416 e. The first kappa shape index (κ1) is 20.9. The molecule has 0 unspecified atom stereocenters. The molecule has 2 rings (SSSR count). The summed E-state index contributed by atoms with van der Waals surface area (Å²) in [4.78, 5) is 13.4. The molecule has 0 saturated carbocycles. The van der Waals surface area contributed by atoms with Crippen molar-refractivity contribution in [3.05, 3.63) is 58.6 Å². The van der Waals surface area contributed by atoms with Crippen LogP contribution in [0.15, 0.2) is 42.5 Å². The van der Waals surface area contributed by atoms with Gasteiger partial charge in [-0.3, -0.25) is 5.32 Å². The van der Waals surface area contributed by atoms with Crippen LogP contribution in [0, 0.1) is 0 Å². The summed E-state index contributed by atoms with van der Waals surface area (Å²) in [6, 6.07) is 10.1. The number of hydrogen-bond acceptors (Lipinski definition) is 3. The summed E-state index contributed by atoms with van der Waals surface area (Å²) >= 11 is 6.20. The first-order valence-electron chi connectivity index (χ1n) is 8.31. The Morgan fingerprint density at radius 3 is 2.41 bits per heavy atom. The molecule has 27 heavy (non-hydrogen) atoms. The number of halogens is 4. The quantitative estimate of drug-likeness (QED) is 0.651. The molecule has 0 saturated heterocycles. The van der Waals surface area contributed by atoms with E-state index in [-0.39, 0.29) is 0 Å². The minimum Gasteiger partial charge on any atom is -0.449 e. The van der Waals surface area contributed by atoms with Crippen LogP contribution in [0.3, 0.4) is 0 Å². The number of anilines is 2. The zero-order valence-corrected chi connectivity index (χ0v) is 15.7. The summed E-state index contributed by atoms with van der Waals surface area (Å²) < 4.78 is 42.8. The number of nitrogens with zero attached hydrogens (tertiary/aromatic N) is 1. The van der Waals surface area contributed by atoms with Gasteiger partial charge in [0.1, 0.15) is 0 Å². The van der Waals surface area contributed by atoms with Crippen molar-refractivity contribution in [2.75, 3.05) is 23.9 Å². The van der Waals surface area contributed by atoms with E-state index in [9.17, 15) is 18.0 Å². The van der Waals surface area contributed by atoms with Crippen molar-refractivity contribution in [1.82, 2.24) is 0 Å². The van der Waals surface area contributed by atoms with Gasteiger partial charge < -0.3 is 9.64 Å². The normalized spacial score (nSPS) is 11.2. The van der Waals surface area contributed by atoms with E-state index in [0.29, 0.717) is 23.9 Å². The third-order valence-electron chi connectivity index (χ3n) is 3.77. The summed E-state index contributed by atoms with van der Waals surface area (Å²) in [7, 11) is 1.80. The van der Waals surface area contributed by atoms with Crippen LogP contribution in [-0.2, 0) is 17.5 Å². The number of ether oxygens (including phenoxy) is 1. The second kappa shape index (κ2) is 8.99. The highest BCUT2D eigenvalue weighted by Crippen LogP contribution is 2.30. The number of benzene rings is 2. The molecule has 0 fully saturated rings. The molecule has 0 aliphatic carbocycles. The fraction of sp³-hybridized carbons (Fsp3) is 0.316. The zero-order valence-electron chi connectivity index (χ0n) is 14.9. The first-order valence-corrected chi connectivity index (χ1v) is 8.69. The molecule has 2 aromatic carbocycles. The number of amides is 1. The van der Waals surface area contributed by atoms with Crippen LogP contribution < -0.4 is 10.2 Å². The Bertz CT molecular complexity index is 780. The van der Waals surface area contributed by atoms with Crippen molar-refractivity contribution < 1.29 is 22.7 Å². The van der Waals surface area contributed by atoms with E-state index in [4.69, 9.17) is 16.3 Å². The lowest BCUT2D eigenvalue weighted by Crippen LogP contribution is -2.17. The van der Waals surface area contributed by atoms with Crippen LogP contribution >= 0.6 is 11.6 Å². The molecule has 1 amide bonds. The predicted molar refractivity (Wildman–Crippen MR) is 100 cm³/mol. The Morgan fingerprint density at radius 2 is 1.85 bits per heavy atom. The maximum atomic E-state index is 12.6. The second-order valence-corrected chi connectivity index (χ2v) is 6.38. The van der Waals surface area contributed by atoms with Crippen molar-refractivity contribution >= 4 is 29.1 Å². The van der Waals surface area contributed by atoms with Gasteiger partial charge in [0.2, 0.25) is 0 Å². The Morgan fingerprint density at radius 1 is 1.19 bits per heavy atom. The Kier molecular flexibility index (Phi) is 6.96.